The van der Waals surface area contributed by atoms with Crippen molar-refractivity contribution in [2.24, 2.45) is 0 Å². The van der Waals surface area contributed by atoms with E-state index in [-0.39, 0.29) is 0 Å². The molecular weight excluding hydrogens is 220 g/mol. The number of aliphatic carboxylic acids is 1. The van der Waals surface area contributed by atoms with Gasteiger partial charge in [-0.25, -0.2) is 4.79 Å². The molecule has 0 radical (unpaired) electrons. The standard InChI is InChI=1S/C13H18O4/c1-3-16-12(13(14)15)8-9-17-11-7-5-4-6-10(11)2/h4-7,12H,3,8-9H2,1-2H3,(H,14,15). The van der Waals surface area contributed by atoms with Crippen LogP contribution in [-0.2, 0) is 9.53 Å². The van der Waals surface area contributed by atoms with Gasteiger partial charge in [-0.2, -0.15) is 0 Å². The molecule has 0 amide bonds. The molecule has 1 unspecified atom stereocenters. The van der Waals surface area contributed by atoms with Crippen LogP contribution in [0.25, 0.3) is 0 Å². The zero-order chi connectivity index (χ0) is 12.7. The van der Waals surface area contributed by atoms with Crippen molar-refractivity contribution in [1.82, 2.24) is 0 Å². The maximum atomic E-state index is 10.8. The normalized spacial score (nSPS) is 12.1. The maximum absolute atomic E-state index is 10.8. The molecule has 0 fully saturated rings. The van der Waals surface area contributed by atoms with Gasteiger partial charge in [0.1, 0.15) is 5.75 Å². The second-order valence-corrected chi connectivity index (χ2v) is 3.68. The number of benzene rings is 1. The summed E-state index contributed by atoms with van der Waals surface area (Å²) in [7, 11) is 0. The number of carbonyl (C=O) groups is 1. The lowest BCUT2D eigenvalue weighted by atomic mass is 10.2. The van der Waals surface area contributed by atoms with E-state index in [0.29, 0.717) is 19.6 Å². The highest BCUT2D eigenvalue weighted by atomic mass is 16.5. The first-order valence-electron chi connectivity index (χ1n) is 5.68. The summed E-state index contributed by atoms with van der Waals surface area (Å²) >= 11 is 0. The third-order valence-corrected chi connectivity index (χ3v) is 2.37. The van der Waals surface area contributed by atoms with Crippen LogP contribution in [0.2, 0.25) is 0 Å². The van der Waals surface area contributed by atoms with E-state index in [9.17, 15) is 4.79 Å². The van der Waals surface area contributed by atoms with Crippen LogP contribution in [0.15, 0.2) is 24.3 Å². The van der Waals surface area contributed by atoms with Crippen LogP contribution < -0.4 is 4.74 Å². The van der Waals surface area contributed by atoms with Crippen LogP contribution in [0, 0.1) is 6.92 Å². The molecule has 0 aliphatic carbocycles. The van der Waals surface area contributed by atoms with Crippen LogP contribution >= 0.6 is 0 Å². The van der Waals surface area contributed by atoms with Gasteiger partial charge in [0, 0.05) is 13.0 Å². The molecule has 0 bridgehead atoms. The van der Waals surface area contributed by atoms with Gasteiger partial charge < -0.3 is 14.6 Å². The molecule has 4 nitrogen and oxygen atoms in total. The topological polar surface area (TPSA) is 55.8 Å². The number of hydrogen-bond acceptors (Lipinski definition) is 3. The molecule has 1 atom stereocenters. The molecular formula is C13H18O4. The summed E-state index contributed by atoms with van der Waals surface area (Å²) in [5, 5.41) is 8.88. The third kappa shape index (κ3) is 4.44. The summed E-state index contributed by atoms with van der Waals surface area (Å²) in [5.74, 6) is -0.159. The number of ether oxygens (including phenoxy) is 2. The zero-order valence-electron chi connectivity index (χ0n) is 10.2. The Morgan fingerprint density at radius 3 is 2.71 bits per heavy atom. The number of para-hydroxylation sites is 1. The van der Waals surface area contributed by atoms with Crippen molar-refractivity contribution < 1.29 is 19.4 Å². The molecule has 0 spiro atoms. The fraction of sp³-hybridized carbons (Fsp3) is 0.462. The molecule has 0 aliphatic rings. The Bertz CT molecular complexity index is 362. The van der Waals surface area contributed by atoms with Crippen LogP contribution in [0.4, 0.5) is 0 Å². The summed E-state index contributed by atoms with van der Waals surface area (Å²) in [6.45, 7) is 4.45. The SMILES string of the molecule is CCOC(CCOc1ccccc1C)C(=O)O. The highest BCUT2D eigenvalue weighted by Gasteiger charge is 2.17. The lowest BCUT2D eigenvalue weighted by Crippen LogP contribution is -2.26. The number of carboxylic acids is 1. The minimum absolute atomic E-state index is 0.335. The first kappa shape index (κ1) is 13.5. The molecule has 0 saturated heterocycles. The fourth-order valence-electron chi connectivity index (χ4n) is 1.47. The predicted octanol–water partition coefficient (Wildman–Crippen LogP) is 2.25. The van der Waals surface area contributed by atoms with E-state index in [1.165, 1.54) is 0 Å². The minimum Gasteiger partial charge on any atom is -0.493 e. The molecule has 0 heterocycles. The predicted molar refractivity (Wildman–Crippen MR) is 64.3 cm³/mol. The average molecular weight is 238 g/mol. The van der Waals surface area contributed by atoms with Crippen molar-refractivity contribution in [2.75, 3.05) is 13.2 Å². The van der Waals surface area contributed by atoms with Crippen molar-refractivity contribution in [3.63, 3.8) is 0 Å². The van der Waals surface area contributed by atoms with Crippen molar-refractivity contribution >= 4 is 5.97 Å². The van der Waals surface area contributed by atoms with E-state index in [0.717, 1.165) is 11.3 Å². The maximum Gasteiger partial charge on any atom is 0.332 e. The summed E-state index contributed by atoms with van der Waals surface area (Å²) in [4.78, 5) is 10.8. The average Bonchev–Trinajstić information content (AvgIpc) is 2.30. The smallest absolute Gasteiger partial charge is 0.332 e. The van der Waals surface area contributed by atoms with E-state index >= 15 is 0 Å². The minimum atomic E-state index is -0.944. The molecule has 1 N–H and O–H groups in total. The van der Waals surface area contributed by atoms with E-state index in [4.69, 9.17) is 14.6 Å². The highest BCUT2D eigenvalue weighted by Crippen LogP contribution is 2.16. The quantitative estimate of drug-likeness (QED) is 0.791. The van der Waals surface area contributed by atoms with Gasteiger partial charge in [0.15, 0.2) is 6.10 Å². The molecule has 1 aromatic carbocycles. The third-order valence-electron chi connectivity index (χ3n) is 2.37. The Labute approximate surface area is 101 Å². The molecule has 94 valence electrons. The number of hydrogen-bond donors (Lipinski definition) is 1. The fourth-order valence-corrected chi connectivity index (χ4v) is 1.47. The lowest BCUT2D eigenvalue weighted by Gasteiger charge is -2.13. The van der Waals surface area contributed by atoms with Crippen molar-refractivity contribution in [1.29, 1.82) is 0 Å². The molecule has 1 aromatic rings. The van der Waals surface area contributed by atoms with Gasteiger partial charge >= 0.3 is 5.97 Å². The van der Waals surface area contributed by atoms with Gasteiger partial charge in [-0.05, 0) is 25.5 Å². The van der Waals surface area contributed by atoms with Crippen molar-refractivity contribution in [2.45, 2.75) is 26.4 Å². The van der Waals surface area contributed by atoms with E-state index < -0.39 is 12.1 Å². The van der Waals surface area contributed by atoms with E-state index in [2.05, 4.69) is 0 Å². The first-order valence-corrected chi connectivity index (χ1v) is 5.68. The Kier molecular flexibility index (Phi) is 5.49. The number of aryl methyl sites for hydroxylation is 1. The highest BCUT2D eigenvalue weighted by molar-refractivity contribution is 5.72. The number of carboxylic acid groups (broad SMARTS) is 1. The summed E-state index contributed by atoms with van der Waals surface area (Å²) in [6, 6.07) is 7.64. The van der Waals surface area contributed by atoms with Crippen LogP contribution in [-0.4, -0.2) is 30.4 Å². The van der Waals surface area contributed by atoms with Crippen LogP contribution in [0.1, 0.15) is 18.9 Å². The summed E-state index contributed by atoms with van der Waals surface area (Å²) in [6.07, 6.45) is -0.443. The number of rotatable bonds is 7. The molecule has 0 aromatic heterocycles. The van der Waals surface area contributed by atoms with E-state index in [1.807, 2.05) is 31.2 Å². The second kappa shape index (κ2) is 6.91. The van der Waals surface area contributed by atoms with Gasteiger partial charge in [-0.15, -0.1) is 0 Å². The van der Waals surface area contributed by atoms with Gasteiger partial charge in [0.2, 0.25) is 0 Å². The second-order valence-electron chi connectivity index (χ2n) is 3.68. The monoisotopic (exact) mass is 238 g/mol. The van der Waals surface area contributed by atoms with Gasteiger partial charge in [0.05, 0.1) is 6.61 Å². The zero-order valence-corrected chi connectivity index (χ0v) is 10.2. The largest absolute Gasteiger partial charge is 0.493 e. The molecule has 0 aliphatic heterocycles. The first-order chi connectivity index (χ1) is 8.15. The summed E-state index contributed by atoms with van der Waals surface area (Å²) < 4.78 is 10.6. The summed E-state index contributed by atoms with van der Waals surface area (Å²) in [5.41, 5.74) is 1.04. The lowest BCUT2D eigenvalue weighted by molar-refractivity contribution is -0.150. The van der Waals surface area contributed by atoms with Crippen molar-refractivity contribution in [3.05, 3.63) is 29.8 Å². The van der Waals surface area contributed by atoms with E-state index in [1.54, 1.807) is 6.92 Å². The Hall–Kier alpha value is -1.55. The molecule has 4 heteroatoms. The van der Waals surface area contributed by atoms with Crippen LogP contribution in [0.3, 0.4) is 0 Å². The van der Waals surface area contributed by atoms with Gasteiger partial charge in [0.25, 0.3) is 0 Å². The molecule has 17 heavy (non-hydrogen) atoms. The van der Waals surface area contributed by atoms with Gasteiger partial charge in [-0.1, -0.05) is 18.2 Å². The Morgan fingerprint density at radius 1 is 1.41 bits per heavy atom. The Morgan fingerprint density at radius 2 is 2.12 bits per heavy atom. The van der Waals surface area contributed by atoms with Crippen LogP contribution in [0.5, 0.6) is 5.75 Å². The Balaban J connectivity index is 2.41. The molecule has 1 rings (SSSR count). The van der Waals surface area contributed by atoms with Crippen molar-refractivity contribution in [3.8, 4) is 5.75 Å². The van der Waals surface area contributed by atoms with Gasteiger partial charge in [-0.3, -0.25) is 0 Å². The molecule has 0 saturated carbocycles.